The fourth-order valence-electron chi connectivity index (χ4n) is 6.22. The molecule has 2 N–H and O–H groups in total. The van der Waals surface area contributed by atoms with E-state index in [0.29, 0.717) is 0 Å². The summed E-state index contributed by atoms with van der Waals surface area (Å²) in [5, 5.41) is 12.5. The first-order valence-corrected chi connectivity index (χ1v) is 15.6. The zero-order valence-corrected chi connectivity index (χ0v) is 25.1. The van der Waals surface area contributed by atoms with Crippen LogP contribution in [0.3, 0.4) is 0 Å². The minimum absolute atomic E-state index is 0.107. The second-order valence-corrected chi connectivity index (χ2v) is 12.5. The Morgan fingerprint density at radius 2 is 1.11 bits per heavy atom. The molecular weight excluding hydrogens is 566 g/mol. The molecule has 44 heavy (non-hydrogen) atoms. The molecule has 220 valence electrons. The highest BCUT2D eigenvalue weighted by atomic mass is 32.2. The van der Waals surface area contributed by atoms with Crippen LogP contribution < -0.4 is 5.32 Å². The Labute approximate surface area is 261 Å². The Morgan fingerprint density at radius 3 is 1.55 bits per heavy atom. The van der Waals surface area contributed by atoms with Gasteiger partial charge in [-0.3, -0.25) is 0 Å². The van der Waals surface area contributed by atoms with E-state index in [9.17, 15) is 14.7 Å². The minimum Gasteiger partial charge on any atom is -0.480 e. The molecule has 6 heteroatoms. The number of nitrogens with one attached hydrogen (secondary N) is 1. The van der Waals surface area contributed by atoms with Gasteiger partial charge in [0.15, 0.2) is 0 Å². The highest BCUT2D eigenvalue weighted by Gasteiger charge is 2.42. The van der Waals surface area contributed by atoms with Crippen molar-refractivity contribution < 1.29 is 19.4 Å². The Morgan fingerprint density at radius 1 is 0.705 bits per heavy atom. The number of carboxylic acids is 1. The predicted octanol–water partition coefficient (Wildman–Crippen LogP) is 8.09. The van der Waals surface area contributed by atoms with Crippen LogP contribution in [0.4, 0.5) is 4.79 Å². The molecule has 0 radical (unpaired) electrons. The van der Waals surface area contributed by atoms with Crippen molar-refractivity contribution in [3.05, 3.63) is 167 Å². The number of aliphatic carboxylic acids is 1. The average molecular weight is 600 g/mol. The number of fused-ring (bicyclic) bond motifs is 3. The summed E-state index contributed by atoms with van der Waals surface area (Å²) in [4.78, 5) is 25.9. The molecule has 0 unspecified atom stereocenters. The monoisotopic (exact) mass is 599 g/mol. The lowest BCUT2D eigenvalue weighted by atomic mass is 9.84. The number of carbonyl (C=O) groups excluding carboxylic acids is 1. The van der Waals surface area contributed by atoms with Crippen molar-refractivity contribution in [1.82, 2.24) is 5.32 Å². The summed E-state index contributed by atoms with van der Waals surface area (Å²) in [6.07, 6.45) is -0.753. The third kappa shape index (κ3) is 5.61. The second kappa shape index (κ2) is 12.8. The van der Waals surface area contributed by atoms with Gasteiger partial charge in [0.05, 0.1) is 4.75 Å². The van der Waals surface area contributed by atoms with E-state index in [1.165, 1.54) is 11.8 Å². The van der Waals surface area contributed by atoms with Gasteiger partial charge in [0.25, 0.3) is 0 Å². The van der Waals surface area contributed by atoms with E-state index in [2.05, 4.69) is 66.0 Å². The first-order valence-electron chi connectivity index (χ1n) is 14.7. The summed E-state index contributed by atoms with van der Waals surface area (Å²) in [5.41, 5.74) is 7.49. The summed E-state index contributed by atoms with van der Waals surface area (Å²) in [7, 11) is 0. The van der Waals surface area contributed by atoms with Crippen molar-refractivity contribution in [3.8, 4) is 11.1 Å². The van der Waals surface area contributed by atoms with E-state index in [4.69, 9.17) is 4.74 Å². The van der Waals surface area contributed by atoms with Gasteiger partial charge in [-0.25, -0.2) is 9.59 Å². The van der Waals surface area contributed by atoms with Crippen LogP contribution in [0.5, 0.6) is 0 Å². The van der Waals surface area contributed by atoms with Crippen molar-refractivity contribution in [3.63, 3.8) is 0 Å². The number of carboxylic acid groups (broad SMARTS) is 1. The number of benzene rings is 5. The number of thioether (sulfide) groups is 1. The molecule has 5 aromatic carbocycles. The van der Waals surface area contributed by atoms with Crippen LogP contribution in [0.1, 0.15) is 40.7 Å². The molecule has 0 saturated heterocycles. The van der Waals surface area contributed by atoms with Crippen LogP contribution in [0.15, 0.2) is 140 Å². The van der Waals surface area contributed by atoms with Crippen LogP contribution in [-0.4, -0.2) is 35.1 Å². The first-order chi connectivity index (χ1) is 21.5. The lowest BCUT2D eigenvalue weighted by Gasteiger charge is -2.38. The Kier molecular flexibility index (Phi) is 8.53. The molecule has 1 aliphatic rings. The fraction of sp³-hybridized carbons (Fsp3) is 0.158. The molecule has 0 aromatic heterocycles. The number of carbonyl (C=O) groups is 2. The number of amides is 1. The highest BCUT2D eigenvalue weighted by molar-refractivity contribution is 8.01. The number of hydrogen-bond donors (Lipinski definition) is 2. The number of rotatable bonds is 10. The summed E-state index contributed by atoms with van der Waals surface area (Å²) >= 11 is 1.50. The van der Waals surface area contributed by atoms with Crippen molar-refractivity contribution >= 4 is 23.8 Å². The summed E-state index contributed by atoms with van der Waals surface area (Å²) in [6.45, 7) is 1.95. The number of ether oxygens (including phenoxy) is 1. The molecule has 6 rings (SSSR count). The van der Waals surface area contributed by atoms with E-state index >= 15 is 0 Å². The lowest BCUT2D eigenvalue weighted by molar-refractivity contribution is -0.139. The van der Waals surface area contributed by atoms with Gasteiger partial charge >= 0.3 is 12.1 Å². The topological polar surface area (TPSA) is 75.6 Å². The molecule has 0 spiro atoms. The van der Waals surface area contributed by atoms with Crippen molar-refractivity contribution in [2.75, 3.05) is 6.61 Å². The summed E-state index contributed by atoms with van der Waals surface area (Å²) < 4.78 is 5.00. The predicted molar refractivity (Wildman–Crippen MR) is 176 cm³/mol. The summed E-state index contributed by atoms with van der Waals surface area (Å²) in [5.74, 6) is -1.24. The van der Waals surface area contributed by atoms with Crippen molar-refractivity contribution in [2.24, 2.45) is 0 Å². The highest BCUT2D eigenvalue weighted by Crippen LogP contribution is 2.50. The minimum atomic E-state index is -1.20. The van der Waals surface area contributed by atoms with Gasteiger partial charge in [-0.15, -0.1) is 11.8 Å². The normalized spacial score (nSPS) is 13.8. The molecule has 0 aliphatic heterocycles. The molecule has 0 bridgehead atoms. The maximum Gasteiger partial charge on any atom is 0.407 e. The molecule has 5 aromatic rings. The molecule has 1 aliphatic carbocycles. The summed E-state index contributed by atoms with van der Waals surface area (Å²) in [6, 6.07) is 45.3. The third-order valence-electron chi connectivity index (χ3n) is 8.26. The number of hydrogen-bond acceptors (Lipinski definition) is 4. The van der Waals surface area contributed by atoms with Crippen LogP contribution in [-0.2, 0) is 14.3 Å². The van der Waals surface area contributed by atoms with Crippen molar-refractivity contribution in [1.29, 1.82) is 0 Å². The van der Waals surface area contributed by atoms with Crippen LogP contribution in [0.2, 0.25) is 0 Å². The number of alkyl carbamates (subject to hydrolysis) is 1. The fourth-order valence-corrected chi connectivity index (χ4v) is 7.91. The van der Waals surface area contributed by atoms with Gasteiger partial charge < -0.3 is 15.2 Å². The van der Waals surface area contributed by atoms with Gasteiger partial charge in [0, 0.05) is 11.2 Å². The molecule has 0 fully saturated rings. The second-order valence-electron chi connectivity index (χ2n) is 10.9. The van der Waals surface area contributed by atoms with Gasteiger partial charge in [0.2, 0.25) is 0 Å². The molecule has 2 atom stereocenters. The van der Waals surface area contributed by atoms with Crippen molar-refractivity contribution in [2.45, 2.75) is 28.9 Å². The van der Waals surface area contributed by atoms with E-state index in [-0.39, 0.29) is 12.5 Å². The molecule has 5 nitrogen and oxygen atoms in total. The van der Waals surface area contributed by atoms with Gasteiger partial charge in [0.1, 0.15) is 12.6 Å². The smallest absolute Gasteiger partial charge is 0.407 e. The maximum absolute atomic E-state index is 13.2. The van der Waals surface area contributed by atoms with Gasteiger partial charge in [-0.1, -0.05) is 146 Å². The Balaban J connectivity index is 1.26. The van der Waals surface area contributed by atoms with Gasteiger partial charge in [-0.2, -0.15) is 0 Å². The van der Waals surface area contributed by atoms with E-state index < -0.39 is 28.1 Å². The average Bonchev–Trinajstić information content (AvgIpc) is 3.39. The first kappa shape index (κ1) is 29.3. The van der Waals surface area contributed by atoms with E-state index in [0.717, 1.165) is 38.9 Å². The quantitative estimate of drug-likeness (QED) is 0.159. The third-order valence-corrected chi connectivity index (χ3v) is 9.96. The van der Waals surface area contributed by atoms with Crippen LogP contribution in [0.25, 0.3) is 11.1 Å². The van der Waals surface area contributed by atoms with Crippen LogP contribution in [0, 0.1) is 0 Å². The molecule has 0 heterocycles. The Hall–Kier alpha value is -4.81. The van der Waals surface area contributed by atoms with E-state index in [1.54, 1.807) is 0 Å². The lowest BCUT2D eigenvalue weighted by Crippen LogP contribution is -2.48. The molecule has 0 saturated carbocycles. The standard InChI is InChI=1S/C38H33NO4S/c1-26(44-38(27-15-5-2-6-16-27,28-17-7-3-8-18-28)29-19-9-4-10-20-29)35(36(40)41)39-37(42)43-25-34-32-23-13-11-21-30(32)31-22-12-14-24-33(31)34/h2-24,26,34-35H,25H2,1H3,(H,39,42)(H,40,41)/t26-,35+/m1/s1. The molecular formula is C38H33NO4S. The largest absolute Gasteiger partial charge is 0.480 e. The molecule has 1 amide bonds. The zero-order valence-electron chi connectivity index (χ0n) is 24.3. The SMILES string of the molecule is C[C@@H](SC(c1ccccc1)(c1ccccc1)c1ccccc1)[C@H](NC(=O)OCC1c2ccccc2-c2ccccc21)C(=O)O. The maximum atomic E-state index is 13.2. The van der Waals surface area contributed by atoms with E-state index in [1.807, 2.05) is 85.8 Å². The zero-order chi connectivity index (χ0) is 30.5. The van der Waals surface area contributed by atoms with Crippen LogP contribution >= 0.6 is 11.8 Å². The van der Waals surface area contributed by atoms with Gasteiger partial charge in [-0.05, 0) is 38.9 Å². The Bertz CT molecular complexity index is 1600.